The Morgan fingerprint density at radius 2 is 1.86 bits per heavy atom. The Hall–Kier alpha value is -1.44. The van der Waals surface area contributed by atoms with E-state index in [0.29, 0.717) is 6.54 Å². The Kier molecular flexibility index (Phi) is 4.23. The highest BCUT2D eigenvalue weighted by Crippen LogP contribution is 2.39. The highest BCUT2D eigenvalue weighted by atomic mass is 16.5. The largest absolute Gasteiger partial charge is 0.481 e. The van der Waals surface area contributed by atoms with E-state index in [2.05, 4.69) is 10.2 Å². The first-order chi connectivity index (χ1) is 10.2. The molecule has 0 aromatic heterocycles. The molecule has 0 radical (unpaired) electrons. The van der Waals surface area contributed by atoms with Gasteiger partial charge in [0.1, 0.15) is 5.92 Å². The van der Waals surface area contributed by atoms with Gasteiger partial charge in [-0.1, -0.05) is 12.2 Å². The molecule has 2 fully saturated rings. The number of fused-ring (bicyclic) bond motifs is 2. The van der Waals surface area contributed by atoms with Crippen molar-refractivity contribution in [1.82, 2.24) is 10.2 Å². The monoisotopic (exact) mass is 296 g/mol. The molecule has 1 amide bonds. The summed E-state index contributed by atoms with van der Waals surface area (Å²) in [6.45, 7) is 4.45. The van der Waals surface area contributed by atoms with Gasteiger partial charge in [0.15, 0.2) is 0 Å². The van der Waals surface area contributed by atoms with E-state index in [4.69, 9.17) is 9.47 Å². The van der Waals surface area contributed by atoms with Crippen LogP contribution in [-0.2, 0) is 19.1 Å². The number of ether oxygens (including phenoxy) is 2. The number of carboxylic acids is 1. The molecule has 3 heterocycles. The van der Waals surface area contributed by atoms with Gasteiger partial charge in [-0.05, 0) is 0 Å². The maximum Gasteiger partial charge on any atom is 0.310 e. The van der Waals surface area contributed by atoms with Crippen LogP contribution in [0.4, 0.5) is 0 Å². The highest BCUT2D eigenvalue weighted by molar-refractivity contribution is 5.87. The van der Waals surface area contributed by atoms with Crippen LogP contribution in [0.2, 0.25) is 0 Å². The number of nitrogens with one attached hydrogen (secondary N) is 1. The summed E-state index contributed by atoms with van der Waals surface area (Å²) in [4.78, 5) is 25.8. The van der Waals surface area contributed by atoms with E-state index in [1.165, 1.54) is 0 Å². The molecule has 21 heavy (non-hydrogen) atoms. The molecule has 4 atom stereocenters. The minimum atomic E-state index is -0.972. The van der Waals surface area contributed by atoms with Crippen molar-refractivity contribution in [2.45, 2.75) is 12.2 Å². The number of morpholine rings is 1. The van der Waals surface area contributed by atoms with Crippen molar-refractivity contribution in [2.24, 2.45) is 11.8 Å². The van der Waals surface area contributed by atoms with Crippen molar-refractivity contribution in [3.63, 3.8) is 0 Å². The Morgan fingerprint density at radius 3 is 2.52 bits per heavy atom. The maximum absolute atomic E-state index is 12.3. The third-order valence-corrected chi connectivity index (χ3v) is 4.32. The molecule has 0 saturated carbocycles. The second-order valence-electron chi connectivity index (χ2n) is 5.59. The number of hydrogen-bond acceptors (Lipinski definition) is 5. The first kappa shape index (κ1) is 14.5. The predicted octanol–water partition coefficient (Wildman–Crippen LogP) is -0.911. The van der Waals surface area contributed by atoms with Crippen LogP contribution in [0.1, 0.15) is 0 Å². The Morgan fingerprint density at radius 1 is 1.19 bits per heavy atom. The number of aliphatic carboxylic acids is 1. The van der Waals surface area contributed by atoms with E-state index in [0.717, 1.165) is 32.8 Å². The maximum atomic E-state index is 12.3. The van der Waals surface area contributed by atoms with E-state index in [1.807, 2.05) is 0 Å². The molecular weight excluding hydrogens is 276 g/mol. The molecule has 0 unspecified atom stereocenters. The molecule has 116 valence electrons. The van der Waals surface area contributed by atoms with Crippen molar-refractivity contribution in [3.05, 3.63) is 12.2 Å². The summed E-state index contributed by atoms with van der Waals surface area (Å²) in [5, 5.41) is 12.1. The second-order valence-corrected chi connectivity index (χ2v) is 5.59. The summed E-state index contributed by atoms with van der Waals surface area (Å²) in [5.41, 5.74) is 0. The van der Waals surface area contributed by atoms with Gasteiger partial charge >= 0.3 is 5.97 Å². The summed E-state index contributed by atoms with van der Waals surface area (Å²) in [5.74, 6) is -2.60. The van der Waals surface area contributed by atoms with Crippen LogP contribution in [0.3, 0.4) is 0 Å². The minimum Gasteiger partial charge on any atom is -0.481 e. The SMILES string of the molecule is O=C(O)[C@@H]1[C@@H](C(=O)NCCN2CCOCC2)[C@H]2C=C[C@@H]1O2. The number of carbonyl (C=O) groups excluding carboxylic acids is 1. The average molecular weight is 296 g/mol. The number of carboxylic acid groups (broad SMARTS) is 1. The summed E-state index contributed by atoms with van der Waals surface area (Å²) in [6.07, 6.45) is 2.65. The molecule has 0 spiro atoms. The van der Waals surface area contributed by atoms with Gasteiger partial charge in [0, 0.05) is 26.2 Å². The normalized spacial score (nSPS) is 35.0. The molecular formula is C14H20N2O5. The van der Waals surface area contributed by atoms with Crippen LogP contribution in [0.15, 0.2) is 12.2 Å². The number of hydrogen-bond donors (Lipinski definition) is 2. The van der Waals surface area contributed by atoms with Crippen LogP contribution in [0, 0.1) is 11.8 Å². The van der Waals surface area contributed by atoms with E-state index in [1.54, 1.807) is 12.2 Å². The predicted molar refractivity (Wildman–Crippen MR) is 72.7 cm³/mol. The van der Waals surface area contributed by atoms with Crippen LogP contribution in [0.25, 0.3) is 0 Å². The number of carbonyl (C=O) groups is 2. The first-order valence-corrected chi connectivity index (χ1v) is 7.31. The fourth-order valence-corrected chi connectivity index (χ4v) is 3.19. The van der Waals surface area contributed by atoms with Crippen LogP contribution >= 0.6 is 0 Å². The highest BCUT2D eigenvalue weighted by Gasteiger charge is 2.53. The van der Waals surface area contributed by atoms with Gasteiger partial charge in [-0.15, -0.1) is 0 Å². The topological polar surface area (TPSA) is 88.1 Å². The zero-order valence-corrected chi connectivity index (χ0v) is 11.7. The summed E-state index contributed by atoms with van der Waals surface area (Å²) in [6, 6.07) is 0. The lowest BCUT2D eigenvalue weighted by Crippen LogP contribution is -2.46. The van der Waals surface area contributed by atoms with Gasteiger partial charge in [0.05, 0.1) is 31.3 Å². The van der Waals surface area contributed by atoms with E-state index in [-0.39, 0.29) is 5.91 Å². The zero-order chi connectivity index (χ0) is 14.8. The fourth-order valence-electron chi connectivity index (χ4n) is 3.19. The number of nitrogens with zero attached hydrogens (tertiary/aromatic N) is 1. The van der Waals surface area contributed by atoms with Gasteiger partial charge in [-0.25, -0.2) is 0 Å². The third-order valence-electron chi connectivity index (χ3n) is 4.32. The average Bonchev–Trinajstić information content (AvgIpc) is 3.08. The van der Waals surface area contributed by atoms with Crippen molar-refractivity contribution >= 4 is 11.9 Å². The Balaban J connectivity index is 1.50. The van der Waals surface area contributed by atoms with Crippen LogP contribution in [-0.4, -0.2) is 73.5 Å². The van der Waals surface area contributed by atoms with Gasteiger partial charge in [-0.3, -0.25) is 14.5 Å². The minimum absolute atomic E-state index is 0.229. The van der Waals surface area contributed by atoms with E-state index >= 15 is 0 Å². The number of rotatable bonds is 5. The molecule has 0 aromatic rings. The Labute approximate surface area is 122 Å². The van der Waals surface area contributed by atoms with Gasteiger partial charge in [0.25, 0.3) is 0 Å². The molecule has 0 aliphatic carbocycles. The van der Waals surface area contributed by atoms with E-state index in [9.17, 15) is 14.7 Å². The summed E-state index contributed by atoms with van der Waals surface area (Å²) < 4.78 is 10.8. The van der Waals surface area contributed by atoms with Gasteiger partial charge < -0.3 is 19.9 Å². The smallest absolute Gasteiger partial charge is 0.310 e. The molecule has 3 aliphatic heterocycles. The molecule has 3 aliphatic rings. The van der Waals surface area contributed by atoms with E-state index < -0.39 is 30.0 Å². The Bertz CT molecular complexity index is 447. The zero-order valence-electron chi connectivity index (χ0n) is 11.7. The lowest BCUT2D eigenvalue weighted by Gasteiger charge is -2.27. The van der Waals surface area contributed by atoms with Crippen molar-refractivity contribution in [2.75, 3.05) is 39.4 Å². The number of amides is 1. The first-order valence-electron chi connectivity index (χ1n) is 7.31. The molecule has 7 heteroatoms. The standard InChI is InChI=1S/C14H20N2O5/c17-13(15-3-4-16-5-7-20-8-6-16)11-9-1-2-10(21-9)12(11)14(18)19/h1-2,9-12H,3-8H2,(H,15,17)(H,18,19)/t9-,10+,11+,12+/m1/s1. The molecule has 7 nitrogen and oxygen atoms in total. The van der Waals surface area contributed by atoms with Crippen LogP contribution < -0.4 is 5.32 Å². The van der Waals surface area contributed by atoms with Gasteiger partial charge in [0.2, 0.25) is 5.91 Å². The molecule has 2 N–H and O–H groups in total. The molecule has 2 bridgehead atoms. The van der Waals surface area contributed by atoms with Crippen molar-refractivity contribution < 1.29 is 24.2 Å². The summed E-state index contributed by atoms with van der Waals surface area (Å²) in [7, 11) is 0. The quantitative estimate of drug-likeness (QED) is 0.639. The summed E-state index contributed by atoms with van der Waals surface area (Å²) >= 11 is 0. The lowest BCUT2D eigenvalue weighted by atomic mass is 9.82. The van der Waals surface area contributed by atoms with Gasteiger partial charge in [-0.2, -0.15) is 0 Å². The fraction of sp³-hybridized carbons (Fsp3) is 0.714. The third kappa shape index (κ3) is 2.95. The van der Waals surface area contributed by atoms with Crippen LogP contribution in [0.5, 0.6) is 0 Å². The molecule has 3 rings (SSSR count). The molecule has 2 saturated heterocycles. The second kappa shape index (κ2) is 6.13. The van der Waals surface area contributed by atoms with Crippen molar-refractivity contribution in [1.29, 1.82) is 0 Å². The van der Waals surface area contributed by atoms with Crippen molar-refractivity contribution in [3.8, 4) is 0 Å². The molecule has 0 aromatic carbocycles. The lowest BCUT2D eigenvalue weighted by molar-refractivity contribution is -0.146.